The van der Waals surface area contributed by atoms with Crippen LogP contribution in [-0.4, -0.2) is 24.2 Å². The van der Waals surface area contributed by atoms with E-state index >= 15 is 0 Å². The monoisotopic (exact) mass is 248 g/mol. The predicted molar refractivity (Wildman–Crippen MR) is 76.8 cm³/mol. The molecule has 0 saturated heterocycles. The Kier molecular flexibility index (Phi) is 6.44. The zero-order valence-electron chi connectivity index (χ0n) is 11.9. The molecule has 1 rings (SSSR count). The molecule has 0 aromatic carbocycles. The maximum absolute atomic E-state index is 5.45. The highest BCUT2D eigenvalue weighted by molar-refractivity contribution is 5.63. The smallest absolute Gasteiger partial charge is 0.138 e. The Hall–Kier alpha value is -1.35. The van der Waals surface area contributed by atoms with Crippen LogP contribution in [0, 0.1) is 0 Å². The van der Waals surface area contributed by atoms with E-state index in [-0.39, 0.29) is 0 Å². The lowest BCUT2D eigenvalue weighted by atomic mass is 10.1. The molecule has 0 radical (unpaired) electrons. The van der Waals surface area contributed by atoms with Gasteiger partial charge in [-0.1, -0.05) is 19.9 Å². The summed E-state index contributed by atoms with van der Waals surface area (Å²) in [6.07, 6.45) is 6.90. The maximum Gasteiger partial charge on any atom is 0.138 e. The number of allylic oxidation sites excluding steroid dienone is 1. The molecule has 1 N–H and O–H groups in total. The summed E-state index contributed by atoms with van der Waals surface area (Å²) in [5.74, 6) is 0.836. The van der Waals surface area contributed by atoms with Gasteiger partial charge in [0, 0.05) is 12.2 Å². The van der Waals surface area contributed by atoms with Crippen LogP contribution in [-0.2, 0) is 0 Å². The lowest BCUT2D eigenvalue weighted by Gasteiger charge is -2.07. The molecule has 0 fully saturated rings. The van der Waals surface area contributed by atoms with Crippen molar-refractivity contribution in [1.82, 2.24) is 10.3 Å². The number of rotatable bonds is 7. The Morgan fingerprint density at radius 2 is 2.22 bits per heavy atom. The highest BCUT2D eigenvalue weighted by Gasteiger charge is 1.99. The predicted octanol–water partition coefficient (Wildman–Crippen LogP) is 3.27. The van der Waals surface area contributed by atoms with Crippen molar-refractivity contribution in [2.45, 2.75) is 40.2 Å². The fraction of sp³-hybridized carbons (Fsp3) is 0.533. The lowest BCUT2D eigenvalue weighted by molar-refractivity contribution is 0.339. The van der Waals surface area contributed by atoms with Crippen LogP contribution in [0.2, 0.25) is 0 Å². The number of pyridine rings is 1. The molecular weight excluding hydrogens is 224 g/mol. The first-order chi connectivity index (χ1) is 8.63. The molecular formula is C15H24N2O. The van der Waals surface area contributed by atoms with Crippen molar-refractivity contribution < 1.29 is 4.74 Å². The average molecular weight is 248 g/mol. The summed E-state index contributed by atoms with van der Waals surface area (Å²) in [7, 11) is 0. The molecule has 3 heteroatoms. The molecule has 0 aliphatic carbocycles. The molecule has 18 heavy (non-hydrogen) atoms. The van der Waals surface area contributed by atoms with Gasteiger partial charge in [-0.2, -0.15) is 0 Å². The van der Waals surface area contributed by atoms with E-state index in [0.717, 1.165) is 24.3 Å². The number of ether oxygens (including phenoxy) is 1. The summed E-state index contributed by atoms with van der Waals surface area (Å²) in [6, 6.07) is 2.58. The average Bonchev–Trinajstić information content (AvgIpc) is 2.35. The van der Waals surface area contributed by atoms with E-state index in [1.54, 1.807) is 6.20 Å². The Labute approximate surface area is 110 Å². The highest BCUT2D eigenvalue weighted by Crippen LogP contribution is 2.18. The number of nitrogens with zero attached hydrogens (tertiary/aromatic N) is 1. The largest absolute Gasteiger partial charge is 0.492 e. The van der Waals surface area contributed by atoms with Gasteiger partial charge in [-0.05, 0) is 44.0 Å². The Morgan fingerprint density at radius 1 is 1.44 bits per heavy atom. The maximum atomic E-state index is 5.45. The quantitative estimate of drug-likeness (QED) is 0.752. The van der Waals surface area contributed by atoms with Gasteiger partial charge in [0.25, 0.3) is 0 Å². The van der Waals surface area contributed by atoms with Crippen LogP contribution in [0.1, 0.15) is 39.7 Å². The summed E-state index contributed by atoms with van der Waals surface area (Å²) in [4.78, 5) is 4.20. The van der Waals surface area contributed by atoms with Crippen LogP contribution in [0.3, 0.4) is 0 Å². The number of nitrogens with one attached hydrogen (secondary N) is 1. The van der Waals surface area contributed by atoms with Gasteiger partial charge in [0.2, 0.25) is 0 Å². The number of hydrogen-bond acceptors (Lipinski definition) is 3. The number of hydrogen-bond donors (Lipinski definition) is 1. The van der Waals surface area contributed by atoms with Crippen molar-refractivity contribution in [3.8, 4) is 5.75 Å². The summed E-state index contributed by atoms with van der Waals surface area (Å²) >= 11 is 0. The van der Waals surface area contributed by atoms with E-state index in [2.05, 4.69) is 37.1 Å². The van der Waals surface area contributed by atoms with Crippen molar-refractivity contribution in [3.05, 3.63) is 30.1 Å². The third-order valence-electron chi connectivity index (χ3n) is 2.63. The first-order valence-electron chi connectivity index (χ1n) is 6.61. The van der Waals surface area contributed by atoms with Crippen molar-refractivity contribution in [3.63, 3.8) is 0 Å². The van der Waals surface area contributed by atoms with Crippen molar-refractivity contribution in [1.29, 1.82) is 0 Å². The molecule has 0 spiro atoms. The Bertz CT molecular complexity index is 386. The van der Waals surface area contributed by atoms with Crippen molar-refractivity contribution in [2.24, 2.45) is 0 Å². The van der Waals surface area contributed by atoms with E-state index in [1.807, 2.05) is 19.2 Å². The molecule has 1 aromatic heterocycles. The third-order valence-corrected chi connectivity index (χ3v) is 2.63. The molecule has 0 bridgehead atoms. The molecule has 0 atom stereocenters. The Morgan fingerprint density at radius 3 is 2.89 bits per heavy atom. The van der Waals surface area contributed by atoms with Gasteiger partial charge in [-0.3, -0.25) is 4.98 Å². The minimum atomic E-state index is 0.543. The number of aromatic nitrogens is 1. The summed E-state index contributed by atoms with van der Waals surface area (Å²) in [6.45, 7) is 10.1. The second kappa shape index (κ2) is 7.88. The van der Waals surface area contributed by atoms with E-state index in [1.165, 1.54) is 5.57 Å². The summed E-state index contributed by atoms with van der Waals surface area (Å²) < 4.78 is 5.45. The topological polar surface area (TPSA) is 34.1 Å². The zero-order valence-corrected chi connectivity index (χ0v) is 11.9. The molecule has 0 amide bonds. The van der Waals surface area contributed by atoms with Crippen molar-refractivity contribution in [2.75, 3.05) is 13.2 Å². The Balaban J connectivity index is 2.56. The van der Waals surface area contributed by atoms with Crippen LogP contribution >= 0.6 is 0 Å². The van der Waals surface area contributed by atoms with Gasteiger partial charge in [0.15, 0.2) is 0 Å². The van der Waals surface area contributed by atoms with E-state index in [9.17, 15) is 0 Å². The molecule has 0 aliphatic rings. The van der Waals surface area contributed by atoms with Crippen LogP contribution in [0.5, 0.6) is 5.75 Å². The van der Waals surface area contributed by atoms with Gasteiger partial charge in [-0.15, -0.1) is 0 Å². The second-order valence-electron chi connectivity index (χ2n) is 4.63. The molecule has 3 nitrogen and oxygen atoms in total. The standard InChI is InChI=1S/C15H24N2O/c1-5-18-15-9-14(10-16-11-15)13(4)7-6-8-17-12(2)3/h7,9-12,17H,5-6,8H2,1-4H3/b13-7+. The molecule has 1 heterocycles. The zero-order chi connectivity index (χ0) is 13.4. The third kappa shape index (κ3) is 5.32. The molecule has 0 aliphatic heterocycles. The van der Waals surface area contributed by atoms with Gasteiger partial charge < -0.3 is 10.1 Å². The van der Waals surface area contributed by atoms with Crippen LogP contribution in [0.25, 0.3) is 5.57 Å². The summed E-state index contributed by atoms with van der Waals surface area (Å²) in [5, 5.41) is 3.40. The lowest BCUT2D eigenvalue weighted by Crippen LogP contribution is -2.23. The second-order valence-corrected chi connectivity index (χ2v) is 4.63. The van der Waals surface area contributed by atoms with E-state index in [4.69, 9.17) is 4.74 Å². The molecule has 100 valence electrons. The molecule has 0 saturated carbocycles. The summed E-state index contributed by atoms with van der Waals surface area (Å²) in [5.41, 5.74) is 2.38. The fourth-order valence-corrected chi connectivity index (χ4v) is 1.66. The van der Waals surface area contributed by atoms with Crippen molar-refractivity contribution >= 4 is 5.57 Å². The molecule has 0 unspecified atom stereocenters. The minimum absolute atomic E-state index is 0.543. The van der Waals surface area contributed by atoms with Gasteiger partial charge >= 0.3 is 0 Å². The van der Waals surface area contributed by atoms with Gasteiger partial charge in [-0.25, -0.2) is 0 Å². The first-order valence-corrected chi connectivity index (χ1v) is 6.61. The molecule has 1 aromatic rings. The van der Waals surface area contributed by atoms with Crippen LogP contribution in [0.4, 0.5) is 0 Å². The van der Waals surface area contributed by atoms with Gasteiger partial charge in [0.1, 0.15) is 5.75 Å². The minimum Gasteiger partial charge on any atom is -0.492 e. The highest BCUT2D eigenvalue weighted by atomic mass is 16.5. The first kappa shape index (κ1) is 14.7. The van der Waals surface area contributed by atoms with Gasteiger partial charge in [0.05, 0.1) is 12.8 Å². The van der Waals surface area contributed by atoms with Crippen LogP contribution in [0.15, 0.2) is 24.5 Å². The normalized spacial score (nSPS) is 11.9. The van der Waals surface area contributed by atoms with E-state index < -0.39 is 0 Å². The van der Waals surface area contributed by atoms with E-state index in [0.29, 0.717) is 12.6 Å². The van der Waals surface area contributed by atoms with Crippen LogP contribution < -0.4 is 10.1 Å². The SMILES string of the molecule is CCOc1cncc(/C(C)=C/CCNC(C)C)c1. The fourth-order valence-electron chi connectivity index (χ4n) is 1.66.